The van der Waals surface area contributed by atoms with Crippen molar-refractivity contribution in [2.45, 2.75) is 141 Å². The fraction of sp³-hybridized carbons (Fsp3) is 0.585. The smallest absolute Gasteiger partial charge is 0.327 e. The summed E-state index contributed by atoms with van der Waals surface area (Å²) >= 11 is 0. The highest BCUT2D eigenvalue weighted by Crippen LogP contribution is 2.24. The molecule has 286 valence electrons. The Labute approximate surface area is 309 Å². The van der Waals surface area contributed by atoms with E-state index < -0.39 is 48.4 Å². The lowest BCUT2D eigenvalue weighted by Crippen LogP contribution is -2.59. The van der Waals surface area contributed by atoms with Gasteiger partial charge in [-0.15, -0.1) is 0 Å². The number of phenolic OH excluding ortho intramolecular Hbond substituents is 1. The van der Waals surface area contributed by atoms with Crippen molar-refractivity contribution in [2.75, 3.05) is 13.1 Å². The Morgan fingerprint density at radius 3 is 1.92 bits per heavy atom. The number of benzene rings is 2. The number of aliphatic carboxylic acids is 1. The normalized spacial score (nSPS) is 15.2. The van der Waals surface area contributed by atoms with Gasteiger partial charge in [-0.3, -0.25) is 24.1 Å². The number of nitrogens with zero attached hydrogens (tertiary/aromatic N) is 2. The second-order valence-electron chi connectivity index (χ2n) is 14.0. The van der Waals surface area contributed by atoms with Gasteiger partial charge in [-0.1, -0.05) is 126 Å². The molecule has 3 rings (SSSR count). The highest BCUT2D eigenvalue weighted by molar-refractivity contribution is 6.03. The molecule has 0 bridgehead atoms. The number of nitrogens with two attached hydrogens (primary N) is 1. The Hall–Kier alpha value is -4.25. The van der Waals surface area contributed by atoms with Gasteiger partial charge in [0.15, 0.2) is 0 Å². The number of carbonyl (C=O) groups is 5. The van der Waals surface area contributed by atoms with E-state index in [1.807, 2.05) is 30.3 Å². The molecule has 0 aromatic heterocycles. The van der Waals surface area contributed by atoms with Crippen molar-refractivity contribution in [1.29, 1.82) is 0 Å². The van der Waals surface area contributed by atoms with Gasteiger partial charge < -0.3 is 26.2 Å². The summed E-state index contributed by atoms with van der Waals surface area (Å²) in [6, 6.07) is 11.5. The number of likely N-dealkylation sites (tertiary alicyclic amines) is 1. The van der Waals surface area contributed by atoms with E-state index in [-0.39, 0.29) is 43.9 Å². The summed E-state index contributed by atoms with van der Waals surface area (Å²) in [4.78, 5) is 69.0. The SMILES string of the molecule is CCCCCCCCCCCCCCCC(=O)N[C@@H](Cc1ccccc1)C(=O)N1CCC[C@H]1C(=O)N(C(=O)CN)[C@@H](Cc1ccc(O)cc1)C(=O)O. The van der Waals surface area contributed by atoms with Crippen LogP contribution in [-0.4, -0.2) is 80.8 Å². The number of rotatable bonds is 24. The van der Waals surface area contributed by atoms with Gasteiger partial charge >= 0.3 is 5.97 Å². The van der Waals surface area contributed by atoms with E-state index in [2.05, 4.69) is 12.2 Å². The summed E-state index contributed by atoms with van der Waals surface area (Å²) in [5.41, 5.74) is 6.98. The first kappa shape index (κ1) is 42.2. The number of imide groups is 1. The van der Waals surface area contributed by atoms with Crippen LogP contribution >= 0.6 is 0 Å². The van der Waals surface area contributed by atoms with Crippen molar-refractivity contribution >= 4 is 29.6 Å². The van der Waals surface area contributed by atoms with Crippen LogP contribution in [0.15, 0.2) is 54.6 Å². The molecule has 1 fully saturated rings. The molecule has 4 amide bonds. The second kappa shape index (κ2) is 23.3. The molecule has 52 heavy (non-hydrogen) atoms. The first-order valence-corrected chi connectivity index (χ1v) is 19.4. The predicted octanol–water partition coefficient (Wildman–Crippen LogP) is 5.90. The van der Waals surface area contributed by atoms with Crippen LogP contribution in [0.1, 0.15) is 121 Å². The molecular weight excluding hydrogens is 660 g/mol. The van der Waals surface area contributed by atoms with Gasteiger partial charge in [0.1, 0.15) is 23.9 Å². The Morgan fingerprint density at radius 2 is 1.37 bits per heavy atom. The van der Waals surface area contributed by atoms with Gasteiger partial charge in [0.25, 0.3) is 5.91 Å². The third kappa shape index (κ3) is 14.1. The third-order valence-electron chi connectivity index (χ3n) is 9.89. The summed E-state index contributed by atoms with van der Waals surface area (Å²) in [7, 11) is 0. The number of hydrogen-bond acceptors (Lipinski definition) is 7. The van der Waals surface area contributed by atoms with Gasteiger partial charge in [-0.2, -0.15) is 0 Å². The first-order chi connectivity index (χ1) is 25.2. The number of carboxylic acids is 1. The average Bonchev–Trinajstić information content (AvgIpc) is 3.64. The molecule has 0 saturated carbocycles. The second-order valence-corrected chi connectivity index (χ2v) is 14.0. The zero-order chi connectivity index (χ0) is 37.7. The minimum atomic E-state index is -1.58. The molecule has 1 heterocycles. The largest absolute Gasteiger partial charge is 0.508 e. The highest BCUT2D eigenvalue weighted by atomic mass is 16.4. The zero-order valence-electron chi connectivity index (χ0n) is 31.0. The molecule has 5 N–H and O–H groups in total. The Morgan fingerprint density at radius 1 is 0.808 bits per heavy atom. The summed E-state index contributed by atoms with van der Waals surface area (Å²) in [6.07, 6.45) is 16.6. The molecule has 0 aliphatic carbocycles. The van der Waals surface area contributed by atoms with Gasteiger partial charge in [0.05, 0.1) is 6.54 Å². The number of phenols is 1. The molecule has 1 aliphatic heterocycles. The van der Waals surface area contributed by atoms with Crippen molar-refractivity contribution in [3.05, 3.63) is 65.7 Å². The molecule has 0 spiro atoms. The molecule has 1 saturated heterocycles. The van der Waals surface area contributed by atoms with E-state index in [0.717, 1.165) is 24.8 Å². The van der Waals surface area contributed by atoms with Crippen molar-refractivity contribution in [1.82, 2.24) is 15.1 Å². The average molecular weight is 721 g/mol. The summed E-state index contributed by atoms with van der Waals surface area (Å²) in [5, 5.41) is 22.7. The Kier molecular flexibility index (Phi) is 18.9. The molecule has 11 nitrogen and oxygen atoms in total. The molecular formula is C41H60N4O7. The lowest BCUT2D eigenvalue weighted by Gasteiger charge is -2.34. The van der Waals surface area contributed by atoms with Crippen molar-refractivity contribution < 1.29 is 34.2 Å². The van der Waals surface area contributed by atoms with E-state index in [0.29, 0.717) is 23.3 Å². The Balaban J connectivity index is 1.62. The summed E-state index contributed by atoms with van der Waals surface area (Å²) in [6.45, 7) is 1.86. The Bertz CT molecular complexity index is 1400. The van der Waals surface area contributed by atoms with Crippen LogP contribution in [0, 0.1) is 0 Å². The van der Waals surface area contributed by atoms with Crippen molar-refractivity contribution in [3.63, 3.8) is 0 Å². The van der Waals surface area contributed by atoms with E-state index in [4.69, 9.17) is 5.73 Å². The lowest BCUT2D eigenvalue weighted by molar-refractivity contribution is -0.160. The number of hydrogen-bond donors (Lipinski definition) is 4. The molecule has 1 aliphatic rings. The van der Waals surface area contributed by atoms with Gasteiger partial charge in [-0.25, -0.2) is 4.79 Å². The van der Waals surface area contributed by atoms with Crippen LogP contribution in [0.25, 0.3) is 0 Å². The number of nitrogens with one attached hydrogen (secondary N) is 1. The number of aromatic hydroxyl groups is 1. The van der Waals surface area contributed by atoms with E-state index >= 15 is 0 Å². The monoisotopic (exact) mass is 720 g/mol. The third-order valence-corrected chi connectivity index (χ3v) is 9.89. The van der Waals surface area contributed by atoms with Crippen molar-refractivity contribution in [3.8, 4) is 5.75 Å². The van der Waals surface area contributed by atoms with Crippen LogP contribution < -0.4 is 11.1 Å². The fourth-order valence-electron chi connectivity index (χ4n) is 6.96. The highest BCUT2D eigenvalue weighted by Gasteiger charge is 2.44. The molecule has 0 unspecified atom stereocenters. The van der Waals surface area contributed by atoms with Crippen LogP contribution in [0.4, 0.5) is 0 Å². The van der Waals surface area contributed by atoms with Gasteiger partial charge in [0.2, 0.25) is 17.7 Å². The van der Waals surface area contributed by atoms with Gasteiger partial charge in [-0.05, 0) is 42.5 Å². The van der Waals surface area contributed by atoms with Crippen LogP contribution in [0.3, 0.4) is 0 Å². The molecule has 3 atom stereocenters. The van der Waals surface area contributed by atoms with Crippen LogP contribution in [-0.2, 0) is 36.8 Å². The standard InChI is InChI=1S/C41H60N4O7/c1-2-3-4-5-6-7-8-9-10-11-12-13-17-22-37(47)43-34(28-31-19-15-14-16-20-31)39(49)44-27-18-21-35(44)40(50)45(38(48)30-42)36(41(51)52)29-32-23-25-33(46)26-24-32/h14-16,19-20,23-26,34-36,46H,2-13,17-18,21-22,27-30,42H2,1H3,(H,43,47)(H,51,52)/t34-,35-,36-/m0/s1. The van der Waals surface area contributed by atoms with E-state index in [9.17, 15) is 34.2 Å². The molecule has 11 heteroatoms. The van der Waals surface area contributed by atoms with Crippen LogP contribution in [0.5, 0.6) is 5.75 Å². The maximum Gasteiger partial charge on any atom is 0.327 e. The van der Waals surface area contributed by atoms with Crippen LogP contribution in [0.2, 0.25) is 0 Å². The molecule has 2 aromatic carbocycles. The van der Waals surface area contributed by atoms with E-state index in [1.165, 1.54) is 87.0 Å². The number of unbranched alkanes of at least 4 members (excludes halogenated alkanes) is 12. The maximum absolute atomic E-state index is 14.2. The maximum atomic E-state index is 14.2. The fourth-order valence-corrected chi connectivity index (χ4v) is 6.96. The number of carbonyl (C=O) groups excluding carboxylic acids is 4. The summed E-state index contributed by atoms with van der Waals surface area (Å²) in [5.74, 6) is -3.79. The van der Waals surface area contributed by atoms with E-state index in [1.54, 1.807) is 0 Å². The molecule has 0 radical (unpaired) electrons. The topological polar surface area (TPSA) is 170 Å². The zero-order valence-corrected chi connectivity index (χ0v) is 31.0. The number of amides is 4. The van der Waals surface area contributed by atoms with Crippen molar-refractivity contribution in [2.24, 2.45) is 5.73 Å². The van der Waals surface area contributed by atoms with Gasteiger partial charge in [0, 0.05) is 25.8 Å². The minimum Gasteiger partial charge on any atom is -0.508 e. The first-order valence-electron chi connectivity index (χ1n) is 19.4. The number of carboxylic acid groups (broad SMARTS) is 1. The predicted molar refractivity (Wildman–Crippen MR) is 201 cm³/mol. The quantitative estimate of drug-likeness (QED) is 0.0972. The lowest BCUT2D eigenvalue weighted by atomic mass is 10.0. The molecule has 2 aromatic rings. The summed E-state index contributed by atoms with van der Waals surface area (Å²) < 4.78 is 0. The minimum absolute atomic E-state index is 0.0109.